The Morgan fingerprint density at radius 2 is 1.54 bits per heavy atom. The molecule has 4 N–H and O–H groups in total. The Morgan fingerprint density at radius 1 is 0.958 bits per heavy atom. The van der Waals surface area contributed by atoms with E-state index in [1.54, 1.807) is 11.8 Å². The third-order valence-electron chi connectivity index (χ3n) is 3.44. The molecule has 4 radical (unpaired) electrons. The number of thioether (sulfide) groups is 1. The van der Waals surface area contributed by atoms with Crippen LogP contribution in [0.15, 0.2) is 35.2 Å². The summed E-state index contributed by atoms with van der Waals surface area (Å²) in [5.74, 6) is 0.755. The summed E-state index contributed by atoms with van der Waals surface area (Å²) >= 11 is 1.66. The van der Waals surface area contributed by atoms with Crippen LogP contribution >= 0.6 is 11.8 Å². The van der Waals surface area contributed by atoms with Crippen LogP contribution in [-0.2, 0) is 4.74 Å². The Bertz CT molecular complexity index is 419. The predicted molar refractivity (Wildman–Crippen MR) is 77.7 cm³/mol. The fraction of sp³-hybridized carbons (Fsp3) is 0.571. The first-order valence-corrected chi connectivity index (χ1v) is 7.63. The minimum absolute atomic E-state index is 0. The molecule has 1 aliphatic heterocycles. The molecule has 10 heteroatoms. The molecular formula is C14H20Ac4NO4S-. The van der Waals surface area contributed by atoms with Gasteiger partial charge in [0.25, 0.3) is 0 Å². The molecule has 0 spiro atoms. The normalized spacial score (nSPS) is 28.4. The average Bonchev–Trinajstić information content (AvgIpc) is 2.48. The van der Waals surface area contributed by atoms with Gasteiger partial charge in [0.1, 0.15) is 12.2 Å². The Morgan fingerprint density at radius 3 is 2.08 bits per heavy atom. The summed E-state index contributed by atoms with van der Waals surface area (Å²) in [5.41, 5.74) is 7.89. The minimum atomic E-state index is -1.19. The van der Waals surface area contributed by atoms with Crippen molar-refractivity contribution < 1.29 is 196 Å². The smallest absolute Gasteiger partial charge is 0.109 e. The third kappa shape index (κ3) is 11.0. The number of hydrogen-bond acceptors (Lipinski definition) is 5. The first kappa shape index (κ1) is 33.8. The second-order valence-corrected chi connectivity index (χ2v) is 6.02. The first-order valence-electron chi connectivity index (χ1n) is 6.65. The molecule has 0 amide bonds. The van der Waals surface area contributed by atoms with Gasteiger partial charge in [-0.2, -0.15) is 0 Å². The van der Waals surface area contributed by atoms with Crippen molar-refractivity contribution in [1.29, 1.82) is 0 Å². The van der Waals surface area contributed by atoms with E-state index in [2.05, 4.69) is 0 Å². The molecule has 0 aromatic heterocycles. The van der Waals surface area contributed by atoms with E-state index >= 15 is 0 Å². The van der Waals surface area contributed by atoms with Crippen LogP contribution in [-0.4, -0.2) is 58.1 Å². The van der Waals surface area contributed by atoms with Crippen molar-refractivity contribution >= 4 is 11.8 Å². The second-order valence-electron chi connectivity index (χ2n) is 4.85. The van der Waals surface area contributed by atoms with Gasteiger partial charge in [0, 0.05) is 193 Å². The Labute approximate surface area is 291 Å². The molecule has 1 aromatic carbocycles. The van der Waals surface area contributed by atoms with Crippen molar-refractivity contribution in [3.8, 4) is 0 Å². The molecule has 5 atom stereocenters. The van der Waals surface area contributed by atoms with Crippen molar-refractivity contribution in [2.75, 3.05) is 12.4 Å². The van der Waals surface area contributed by atoms with Crippen LogP contribution in [0.4, 0.5) is 0 Å². The summed E-state index contributed by atoms with van der Waals surface area (Å²) in [7, 11) is 0. The van der Waals surface area contributed by atoms with Crippen LogP contribution in [0.25, 0.3) is 5.73 Å². The molecule has 1 aliphatic rings. The summed E-state index contributed by atoms with van der Waals surface area (Å²) in [5, 5.41) is 28.6. The summed E-state index contributed by atoms with van der Waals surface area (Å²) in [6, 6.07) is 9.03. The molecule has 124 valence electrons. The minimum Gasteiger partial charge on any atom is -0.670 e. The standard InChI is InChI=1S/C14H20NO4S.4Ac/c15-12-10(19-11(8-16)13(17)14(12)18)6-7-20-9-4-2-1-3-5-9;;;;/h1-5,10-18H,6-8H2;;;;/q-1;;;;/t10-,11?,12?,13?,14?;;;;/m1..../s1. The number of aliphatic hydroxyl groups is 3. The van der Waals surface area contributed by atoms with Gasteiger partial charge in [0.05, 0.1) is 12.7 Å². The van der Waals surface area contributed by atoms with Gasteiger partial charge in [0.15, 0.2) is 0 Å². The van der Waals surface area contributed by atoms with Crippen molar-refractivity contribution in [1.82, 2.24) is 0 Å². The molecule has 24 heavy (non-hydrogen) atoms. The van der Waals surface area contributed by atoms with E-state index in [1.807, 2.05) is 30.3 Å². The summed E-state index contributed by atoms with van der Waals surface area (Å²) in [6.45, 7) is -0.354. The van der Waals surface area contributed by atoms with Gasteiger partial charge in [0.2, 0.25) is 0 Å². The van der Waals surface area contributed by atoms with Crippen molar-refractivity contribution in [3.63, 3.8) is 0 Å². The maximum Gasteiger partial charge on any atom is 0.109 e. The number of aliphatic hydroxyl groups excluding tert-OH is 3. The quantitative estimate of drug-likeness (QED) is 0.385. The monoisotopic (exact) mass is 1210 g/mol. The Kier molecular flexibility index (Phi) is 26.5. The molecule has 1 aromatic rings. The van der Waals surface area contributed by atoms with Crippen molar-refractivity contribution in [2.45, 2.75) is 41.8 Å². The summed E-state index contributed by atoms with van der Waals surface area (Å²) in [6.07, 6.45) is -3.05. The zero-order valence-electron chi connectivity index (χ0n) is 13.4. The van der Waals surface area contributed by atoms with Crippen molar-refractivity contribution in [2.24, 2.45) is 0 Å². The van der Waals surface area contributed by atoms with Gasteiger partial charge in [-0.1, -0.05) is 24.2 Å². The largest absolute Gasteiger partial charge is 0.670 e. The Balaban J connectivity index is -0.00000110. The SMILES string of the molecule is [Ac].[Ac].[Ac].[Ac].[NH-]C1C(O)C(O)C(CO)O[C@@H]1CCSc1ccccc1. The molecule has 0 bridgehead atoms. The van der Waals surface area contributed by atoms with Gasteiger partial charge < -0.3 is 25.8 Å². The van der Waals surface area contributed by atoms with Crippen LogP contribution in [0.5, 0.6) is 0 Å². The fourth-order valence-electron chi connectivity index (χ4n) is 2.25. The second kappa shape index (κ2) is 18.9. The van der Waals surface area contributed by atoms with Crippen LogP contribution in [0.3, 0.4) is 0 Å². The number of benzene rings is 1. The molecule has 5 nitrogen and oxygen atoms in total. The summed E-state index contributed by atoms with van der Waals surface area (Å²) in [4.78, 5) is 1.14. The molecule has 2 rings (SSSR count). The van der Waals surface area contributed by atoms with E-state index < -0.39 is 30.5 Å². The van der Waals surface area contributed by atoms with E-state index in [0.29, 0.717) is 6.42 Å². The van der Waals surface area contributed by atoms with E-state index in [-0.39, 0.29) is 183 Å². The van der Waals surface area contributed by atoms with E-state index in [4.69, 9.17) is 15.6 Å². The first-order chi connectivity index (χ1) is 9.63. The number of ether oxygens (including phenoxy) is 1. The zero-order valence-corrected chi connectivity index (χ0v) is 33.2. The topological polar surface area (TPSA) is 93.7 Å². The van der Waals surface area contributed by atoms with Crippen molar-refractivity contribution in [3.05, 3.63) is 36.1 Å². The molecule has 4 unspecified atom stereocenters. The molecule has 1 heterocycles. The number of nitrogens with one attached hydrogen (secondary N) is 1. The van der Waals surface area contributed by atoms with Crippen LogP contribution in [0.1, 0.15) is 6.42 Å². The maximum atomic E-state index is 9.80. The zero-order chi connectivity index (χ0) is 14.5. The van der Waals surface area contributed by atoms with Gasteiger partial charge in [-0.15, -0.1) is 11.8 Å². The van der Waals surface area contributed by atoms with Crippen LogP contribution < -0.4 is 0 Å². The molecule has 0 aliphatic carbocycles. The van der Waals surface area contributed by atoms with Gasteiger partial charge in [-0.3, -0.25) is 0 Å². The predicted octanol–water partition coefficient (Wildman–Crippen LogP) is 1.07. The third-order valence-corrected chi connectivity index (χ3v) is 4.49. The summed E-state index contributed by atoms with van der Waals surface area (Å²) < 4.78 is 5.51. The van der Waals surface area contributed by atoms with Crippen LogP contribution in [0.2, 0.25) is 0 Å². The molecule has 1 fully saturated rings. The average molecular weight is 1210 g/mol. The molecular weight excluding hydrogens is 1190 g/mol. The molecule has 0 saturated carbocycles. The number of rotatable bonds is 5. The van der Waals surface area contributed by atoms with Gasteiger partial charge in [-0.25, -0.2) is 0 Å². The van der Waals surface area contributed by atoms with E-state index in [1.165, 1.54) is 0 Å². The van der Waals surface area contributed by atoms with Crippen LogP contribution in [0, 0.1) is 176 Å². The fourth-order valence-corrected chi connectivity index (χ4v) is 3.19. The molecule has 1 saturated heterocycles. The Hall–Kier alpha value is 5.14. The maximum absolute atomic E-state index is 9.80. The van der Waals surface area contributed by atoms with Gasteiger partial charge in [-0.05, 0) is 18.6 Å². The number of hydrogen-bond donors (Lipinski definition) is 3. The van der Waals surface area contributed by atoms with E-state index in [0.717, 1.165) is 10.6 Å². The van der Waals surface area contributed by atoms with E-state index in [9.17, 15) is 10.2 Å². The van der Waals surface area contributed by atoms with Gasteiger partial charge >= 0.3 is 0 Å².